The first-order chi connectivity index (χ1) is 8.59. The minimum Gasteiger partial charge on any atom is -0.323 e. The molecule has 18 heavy (non-hydrogen) atoms. The Hall–Kier alpha value is -1.36. The number of nitrogens with two attached hydrogens (primary N) is 1. The Labute approximate surface area is 115 Å². The highest BCUT2D eigenvalue weighted by atomic mass is 35.5. The lowest BCUT2D eigenvalue weighted by Gasteiger charge is -2.13. The Morgan fingerprint density at radius 2 is 2.17 bits per heavy atom. The van der Waals surface area contributed by atoms with Gasteiger partial charge in [-0.3, -0.25) is 4.79 Å². The molecule has 3 N–H and O–H groups in total. The van der Waals surface area contributed by atoms with Crippen LogP contribution in [-0.2, 0) is 4.79 Å². The van der Waals surface area contributed by atoms with E-state index in [1.54, 1.807) is 6.07 Å². The summed E-state index contributed by atoms with van der Waals surface area (Å²) in [5.41, 5.74) is 7.42. The van der Waals surface area contributed by atoms with Gasteiger partial charge in [0.25, 0.3) is 0 Å². The zero-order chi connectivity index (χ0) is 13.1. The lowest BCUT2D eigenvalue weighted by atomic mass is 10.2. The van der Waals surface area contributed by atoms with Gasteiger partial charge in [-0.15, -0.1) is 11.3 Å². The standard InChI is InChI=1S/C13H13ClN2OS/c1-8-4-2-5-9(14)12(8)16-13(17)11(15)10-6-3-7-18-10/h2-7,11H,15H2,1H3,(H,16,17). The van der Waals surface area contributed by atoms with E-state index in [0.717, 1.165) is 10.4 Å². The summed E-state index contributed by atoms with van der Waals surface area (Å²) in [6.45, 7) is 1.89. The SMILES string of the molecule is Cc1cccc(Cl)c1NC(=O)C(N)c1cccs1. The molecule has 3 nitrogen and oxygen atoms in total. The Balaban J connectivity index is 2.17. The summed E-state index contributed by atoms with van der Waals surface area (Å²) in [5.74, 6) is -0.256. The molecule has 2 rings (SSSR count). The summed E-state index contributed by atoms with van der Waals surface area (Å²) in [7, 11) is 0. The summed E-state index contributed by atoms with van der Waals surface area (Å²) >= 11 is 7.51. The zero-order valence-corrected chi connectivity index (χ0v) is 11.4. The van der Waals surface area contributed by atoms with Crippen molar-refractivity contribution in [3.05, 3.63) is 51.2 Å². The lowest BCUT2D eigenvalue weighted by Crippen LogP contribution is -2.27. The summed E-state index contributed by atoms with van der Waals surface area (Å²) in [4.78, 5) is 12.9. The third-order valence-electron chi connectivity index (χ3n) is 2.60. The van der Waals surface area contributed by atoms with E-state index in [1.165, 1.54) is 11.3 Å². The first-order valence-electron chi connectivity index (χ1n) is 5.44. The maximum Gasteiger partial charge on any atom is 0.246 e. The number of para-hydroxylation sites is 1. The van der Waals surface area contributed by atoms with Crippen LogP contribution in [0.25, 0.3) is 0 Å². The molecule has 0 spiro atoms. The molecule has 0 fully saturated rings. The number of halogens is 1. The summed E-state index contributed by atoms with van der Waals surface area (Å²) in [5, 5.41) is 5.18. The van der Waals surface area contributed by atoms with Gasteiger partial charge in [0.2, 0.25) is 5.91 Å². The van der Waals surface area contributed by atoms with Crippen LogP contribution in [0.1, 0.15) is 16.5 Å². The van der Waals surface area contributed by atoms with E-state index in [9.17, 15) is 4.79 Å². The first-order valence-corrected chi connectivity index (χ1v) is 6.70. The van der Waals surface area contributed by atoms with E-state index in [0.29, 0.717) is 10.7 Å². The van der Waals surface area contributed by atoms with E-state index < -0.39 is 6.04 Å². The van der Waals surface area contributed by atoms with E-state index in [1.807, 2.05) is 36.6 Å². The van der Waals surface area contributed by atoms with Gasteiger partial charge in [-0.25, -0.2) is 0 Å². The molecule has 0 aliphatic heterocycles. The molecule has 1 atom stereocenters. The average Bonchev–Trinajstić information content (AvgIpc) is 2.86. The number of benzene rings is 1. The molecule has 1 unspecified atom stereocenters. The molecule has 0 bridgehead atoms. The minimum atomic E-state index is -0.666. The maximum absolute atomic E-state index is 12.0. The van der Waals surface area contributed by atoms with Gasteiger partial charge in [-0.2, -0.15) is 0 Å². The van der Waals surface area contributed by atoms with Crippen LogP contribution in [0.2, 0.25) is 5.02 Å². The number of anilines is 1. The first kappa shape index (κ1) is 13.1. The molecular weight excluding hydrogens is 268 g/mol. The average molecular weight is 281 g/mol. The third kappa shape index (κ3) is 2.72. The summed E-state index contributed by atoms with van der Waals surface area (Å²) in [6.07, 6.45) is 0. The molecule has 5 heteroatoms. The van der Waals surface area contributed by atoms with Gasteiger partial charge in [0, 0.05) is 4.88 Å². The number of hydrogen-bond donors (Lipinski definition) is 2. The van der Waals surface area contributed by atoms with Crippen molar-refractivity contribution >= 4 is 34.5 Å². The molecule has 0 saturated heterocycles. The maximum atomic E-state index is 12.0. The van der Waals surface area contributed by atoms with Crippen LogP contribution >= 0.6 is 22.9 Å². The van der Waals surface area contributed by atoms with Crippen molar-refractivity contribution in [2.45, 2.75) is 13.0 Å². The molecule has 1 heterocycles. The fourth-order valence-corrected chi connectivity index (χ4v) is 2.58. The minimum absolute atomic E-state index is 0.256. The molecule has 0 aliphatic rings. The highest BCUT2D eigenvalue weighted by Gasteiger charge is 2.18. The van der Waals surface area contributed by atoms with Gasteiger partial charge in [0.15, 0.2) is 0 Å². The highest BCUT2D eigenvalue weighted by molar-refractivity contribution is 7.10. The number of hydrogen-bond acceptors (Lipinski definition) is 3. The van der Waals surface area contributed by atoms with Crippen molar-refractivity contribution in [1.82, 2.24) is 0 Å². The highest BCUT2D eigenvalue weighted by Crippen LogP contribution is 2.26. The number of thiophene rings is 1. The molecule has 94 valence electrons. The normalized spacial score (nSPS) is 12.2. The van der Waals surface area contributed by atoms with Crippen LogP contribution in [0.3, 0.4) is 0 Å². The van der Waals surface area contributed by atoms with Gasteiger partial charge in [0.1, 0.15) is 6.04 Å². The Morgan fingerprint density at radius 3 is 2.78 bits per heavy atom. The molecule has 1 aromatic heterocycles. The fourth-order valence-electron chi connectivity index (χ4n) is 1.59. The monoisotopic (exact) mass is 280 g/mol. The van der Waals surface area contributed by atoms with Crippen LogP contribution in [0.5, 0.6) is 0 Å². The van der Waals surface area contributed by atoms with Crippen LogP contribution in [-0.4, -0.2) is 5.91 Å². The summed E-state index contributed by atoms with van der Waals surface area (Å²) < 4.78 is 0. The molecule has 0 radical (unpaired) electrons. The second kappa shape index (κ2) is 5.52. The second-order valence-corrected chi connectivity index (χ2v) is 5.30. The van der Waals surface area contributed by atoms with Gasteiger partial charge in [-0.05, 0) is 30.0 Å². The largest absolute Gasteiger partial charge is 0.323 e. The van der Waals surface area contributed by atoms with Crippen LogP contribution in [0, 0.1) is 6.92 Å². The topological polar surface area (TPSA) is 55.1 Å². The molecule has 0 aliphatic carbocycles. The van der Waals surface area contributed by atoms with Crippen molar-refractivity contribution in [2.75, 3.05) is 5.32 Å². The van der Waals surface area contributed by atoms with Crippen LogP contribution in [0.15, 0.2) is 35.7 Å². The van der Waals surface area contributed by atoms with Crippen molar-refractivity contribution in [1.29, 1.82) is 0 Å². The fraction of sp³-hybridized carbons (Fsp3) is 0.154. The predicted molar refractivity (Wildman–Crippen MR) is 76.1 cm³/mol. The van der Waals surface area contributed by atoms with Crippen LogP contribution in [0.4, 0.5) is 5.69 Å². The van der Waals surface area contributed by atoms with Crippen molar-refractivity contribution in [2.24, 2.45) is 5.73 Å². The van der Waals surface area contributed by atoms with E-state index in [-0.39, 0.29) is 5.91 Å². The number of nitrogens with one attached hydrogen (secondary N) is 1. The molecular formula is C13H13ClN2OS. The van der Waals surface area contributed by atoms with E-state index in [4.69, 9.17) is 17.3 Å². The number of carbonyl (C=O) groups is 1. The van der Waals surface area contributed by atoms with Gasteiger partial charge in [-0.1, -0.05) is 29.8 Å². The zero-order valence-electron chi connectivity index (χ0n) is 9.81. The summed E-state index contributed by atoms with van der Waals surface area (Å²) in [6, 6.07) is 8.51. The Morgan fingerprint density at radius 1 is 1.39 bits per heavy atom. The Kier molecular flexibility index (Phi) is 4.01. The predicted octanol–water partition coefficient (Wildman–Crippen LogP) is 3.35. The van der Waals surface area contributed by atoms with Crippen molar-refractivity contribution in [3.8, 4) is 0 Å². The number of amides is 1. The number of carbonyl (C=O) groups excluding carboxylic acids is 1. The Bertz CT molecular complexity index is 534. The lowest BCUT2D eigenvalue weighted by molar-refractivity contribution is -0.117. The van der Waals surface area contributed by atoms with Crippen LogP contribution < -0.4 is 11.1 Å². The third-order valence-corrected chi connectivity index (χ3v) is 3.87. The second-order valence-electron chi connectivity index (χ2n) is 3.91. The smallest absolute Gasteiger partial charge is 0.246 e. The molecule has 0 saturated carbocycles. The number of aryl methyl sites for hydroxylation is 1. The molecule has 1 aromatic carbocycles. The van der Waals surface area contributed by atoms with Crippen molar-refractivity contribution < 1.29 is 4.79 Å². The van der Waals surface area contributed by atoms with Gasteiger partial charge < -0.3 is 11.1 Å². The van der Waals surface area contributed by atoms with Gasteiger partial charge in [0.05, 0.1) is 10.7 Å². The van der Waals surface area contributed by atoms with Crippen molar-refractivity contribution in [3.63, 3.8) is 0 Å². The molecule has 2 aromatic rings. The molecule has 1 amide bonds. The quantitative estimate of drug-likeness (QED) is 0.906. The number of rotatable bonds is 3. The van der Waals surface area contributed by atoms with E-state index in [2.05, 4.69) is 5.32 Å². The van der Waals surface area contributed by atoms with Gasteiger partial charge >= 0.3 is 0 Å². The van der Waals surface area contributed by atoms with E-state index >= 15 is 0 Å².